The van der Waals surface area contributed by atoms with Crippen molar-refractivity contribution >= 4 is 17.2 Å². The smallest absolute Gasteiger partial charge is 0.270 e. The highest BCUT2D eigenvalue weighted by atomic mass is 32.1. The largest absolute Gasteiger partial charge is 0.493 e. The maximum Gasteiger partial charge on any atom is 0.270 e. The van der Waals surface area contributed by atoms with Crippen LogP contribution in [0.2, 0.25) is 0 Å². The zero-order valence-corrected chi connectivity index (χ0v) is 17.1. The first-order valence-electron chi connectivity index (χ1n) is 9.24. The molecule has 0 unspecified atom stereocenters. The molecule has 27 heavy (non-hydrogen) atoms. The van der Waals surface area contributed by atoms with Gasteiger partial charge in [-0.25, -0.2) is 4.98 Å². The topological polar surface area (TPSA) is 63.7 Å². The van der Waals surface area contributed by atoms with Crippen molar-refractivity contribution in [2.75, 3.05) is 27.3 Å². The molecule has 7 heteroatoms. The number of piperidine rings is 1. The lowest BCUT2D eigenvalue weighted by molar-refractivity contribution is 0.0896. The van der Waals surface area contributed by atoms with Gasteiger partial charge in [0.05, 0.1) is 14.2 Å². The Balaban J connectivity index is 1.64. The molecular formula is C20H27N3O3S. The Kier molecular flexibility index (Phi) is 6.34. The van der Waals surface area contributed by atoms with Gasteiger partial charge in [-0.05, 0) is 44.9 Å². The normalized spacial score (nSPS) is 15.7. The van der Waals surface area contributed by atoms with E-state index < -0.39 is 0 Å². The molecule has 1 aromatic carbocycles. The van der Waals surface area contributed by atoms with Crippen molar-refractivity contribution in [2.24, 2.45) is 0 Å². The van der Waals surface area contributed by atoms with Gasteiger partial charge in [0.25, 0.3) is 5.91 Å². The highest BCUT2D eigenvalue weighted by Crippen LogP contribution is 2.33. The molecule has 1 saturated heterocycles. The molecule has 0 saturated carbocycles. The minimum atomic E-state index is -0.0963. The fourth-order valence-corrected chi connectivity index (χ4v) is 4.10. The highest BCUT2D eigenvalue weighted by Gasteiger charge is 2.23. The molecule has 1 fully saturated rings. The van der Waals surface area contributed by atoms with Crippen molar-refractivity contribution in [2.45, 2.75) is 38.8 Å². The zero-order chi connectivity index (χ0) is 19.4. The Hall–Kier alpha value is -2.12. The van der Waals surface area contributed by atoms with Gasteiger partial charge in [0.15, 0.2) is 11.5 Å². The summed E-state index contributed by atoms with van der Waals surface area (Å²) in [4.78, 5) is 19.5. The number of hydrogen-bond donors (Lipinski definition) is 1. The van der Waals surface area contributed by atoms with E-state index in [2.05, 4.69) is 29.0 Å². The molecule has 0 spiro atoms. The number of methoxy groups -OCH3 is 2. The molecule has 3 rings (SSSR count). The second kappa shape index (κ2) is 8.71. The molecule has 2 aromatic rings. The lowest BCUT2D eigenvalue weighted by Crippen LogP contribution is -2.46. The standard InChI is InChI=1S/C20H27N3O3S/c1-13(2)23-9-7-15(8-10-23)21-19(24)16-12-27-20(22-16)14-5-6-17(25-3)18(11-14)26-4/h5-6,11-13,15H,7-10H2,1-4H3,(H,21,24). The molecule has 2 heterocycles. The average Bonchev–Trinajstić information content (AvgIpc) is 3.18. The lowest BCUT2D eigenvalue weighted by Gasteiger charge is -2.34. The minimum absolute atomic E-state index is 0.0963. The summed E-state index contributed by atoms with van der Waals surface area (Å²) in [5, 5.41) is 5.73. The molecule has 6 nitrogen and oxygen atoms in total. The van der Waals surface area contributed by atoms with Gasteiger partial charge in [-0.15, -0.1) is 11.3 Å². The van der Waals surface area contributed by atoms with Crippen LogP contribution in [0.3, 0.4) is 0 Å². The van der Waals surface area contributed by atoms with Crippen LogP contribution >= 0.6 is 11.3 Å². The van der Waals surface area contributed by atoms with Crippen molar-refractivity contribution in [3.63, 3.8) is 0 Å². The van der Waals surface area contributed by atoms with Crippen LogP contribution in [0.1, 0.15) is 37.2 Å². The van der Waals surface area contributed by atoms with Gasteiger partial charge in [0, 0.05) is 36.1 Å². The Morgan fingerprint density at radius 1 is 1.22 bits per heavy atom. The van der Waals surface area contributed by atoms with Gasteiger partial charge in [-0.3, -0.25) is 4.79 Å². The molecule has 1 N–H and O–H groups in total. The van der Waals surface area contributed by atoms with Crippen molar-refractivity contribution in [1.29, 1.82) is 0 Å². The monoisotopic (exact) mass is 389 g/mol. The van der Waals surface area contributed by atoms with Gasteiger partial charge in [-0.2, -0.15) is 0 Å². The summed E-state index contributed by atoms with van der Waals surface area (Å²) >= 11 is 1.45. The number of hydrogen-bond acceptors (Lipinski definition) is 6. The number of nitrogens with one attached hydrogen (secondary N) is 1. The molecule has 1 amide bonds. The van der Waals surface area contributed by atoms with Gasteiger partial charge >= 0.3 is 0 Å². The quantitative estimate of drug-likeness (QED) is 0.820. The molecule has 0 aliphatic carbocycles. The number of aromatic nitrogens is 1. The summed E-state index contributed by atoms with van der Waals surface area (Å²) in [6.45, 7) is 6.47. The van der Waals surface area contributed by atoms with E-state index in [9.17, 15) is 4.79 Å². The Bertz CT molecular complexity index is 783. The number of ether oxygens (including phenoxy) is 2. The van der Waals surface area contributed by atoms with E-state index in [-0.39, 0.29) is 11.9 Å². The molecule has 1 aromatic heterocycles. The first-order valence-corrected chi connectivity index (χ1v) is 10.1. The number of rotatable bonds is 6. The molecular weight excluding hydrogens is 362 g/mol. The number of carbonyl (C=O) groups excluding carboxylic acids is 1. The van der Waals surface area contributed by atoms with Crippen molar-refractivity contribution < 1.29 is 14.3 Å². The Labute approximate surface area is 164 Å². The first kappa shape index (κ1) is 19.6. The van der Waals surface area contributed by atoms with Crippen molar-refractivity contribution in [3.8, 4) is 22.1 Å². The van der Waals surface area contributed by atoms with Crippen LogP contribution in [-0.4, -0.2) is 55.2 Å². The Morgan fingerprint density at radius 3 is 2.56 bits per heavy atom. The lowest BCUT2D eigenvalue weighted by atomic mass is 10.0. The van der Waals surface area contributed by atoms with E-state index in [1.54, 1.807) is 14.2 Å². The summed E-state index contributed by atoms with van der Waals surface area (Å²) in [5.41, 5.74) is 1.37. The predicted octanol–water partition coefficient (Wildman–Crippen LogP) is 3.43. The summed E-state index contributed by atoms with van der Waals surface area (Å²) in [7, 11) is 3.21. The van der Waals surface area contributed by atoms with Gasteiger partial charge in [-0.1, -0.05) is 0 Å². The number of nitrogens with zero attached hydrogens (tertiary/aromatic N) is 2. The first-order chi connectivity index (χ1) is 13.0. The summed E-state index contributed by atoms with van der Waals surface area (Å²) in [6, 6.07) is 6.42. The molecule has 1 aliphatic rings. The van der Waals surface area contributed by atoms with E-state index in [4.69, 9.17) is 9.47 Å². The van der Waals surface area contributed by atoms with E-state index in [1.165, 1.54) is 11.3 Å². The molecule has 0 atom stereocenters. The summed E-state index contributed by atoms with van der Waals surface area (Å²) < 4.78 is 10.6. The number of likely N-dealkylation sites (tertiary alicyclic amines) is 1. The van der Waals surface area contributed by atoms with Crippen molar-refractivity contribution in [1.82, 2.24) is 15.2 Å². The van der Waals surface area contributed by atoms with Gasteiger partial charge < -0.3 is 19.7 Å². The SMILES string of the molecule is COc1ccc(-c2nc(C(=O)NC3CCN(C(C)C)CC3)cs2)cc1OC. The van der Waals surface area contributed by atoms with Crippen LogP contribution in [0, 0.1) is 0 Å². The third kappa shape index (κ3) is 4.59. The van der Waals surface area contributed by atoms with E-state index >= 15 is 0 Å². The molecule has 1 aliphatic heterocycles. The second-order valence-corrected chi connectivity index (χ2v) is 7.84. The van der Waals surface area contributed by atoms with E-state index in [1.807, 2.05) is 23.6 Å². The summed E-state index contributed by atoms with van der Waals surface area (Å²) in [5.74, 6) is 1.22. The fraction of sp³-hybridized carbons (Fsp3) is 0.500. The summed E-state index contributed by atoms with van der Waals surface area (Å²) in [6.07, 6.45) is 1.97. The minimum Gasteiger partial charge on any atom is -0.493 e. The zero-order valence-electron chi connectivity index (χ0n) is 16.3. The maximum absolute atomic E-state index is 12.6. The predicted molar refractivity (Wildman–Crippen MR) is 108 cm³/mol. The van der Waals surface area contributed by atoms with Crippen LogP contribution < -0.4 is 14.8 Å². The average molecular weight is 390 g/mol. The fourth-order valence-electron chi connectivity index (χ4n) is 3.30. The van der Waals surface area contributed by atoms with Crippen LogP contribution in [0.25, 0.3) is 10.6 Å². The molecule has 146 valence electrons. The highest BCUT2D eigenvalue weighted by molar-refractivity contribution is 7.13. The van der Waals surface area contributed by atoms with E-state index in [0.29, 0.717) is 23.2 Å². The van der Waals surface area contributed by atoms with Crippen LogP contribution in [-0.2, 0) is 0 Å². The number of benzene rings is 1. The maximum atomic E-state index is 12.6. The number of amides is 1. The third-order valence-electron chi connectivity index (χ3n) is 4.96. The third-order valence-corrected chi connectivity index (χ3v) is 5.85. The van der Waals surface area contributed by atoms with Crippen molar-refractivity contribution in [3.05, 3.63) is 29.3 Å². The molecule has 0 radical (unpaired) electrons. The molecule has 0 bridgehead atoms. The van der Waals surface area contributed by atoms with Crippen LogP contribution in [0.5, 0.6) is 11.5 Å². The van der Waals surface area contributed by atoms with Crippen LogP contribution in [0.4, 0.5) is 0 Å². The van der Waals surface area contributed by atoms with Crippen LogP contribution in [0.15, 0.2) is 23.6 Å². The second-order valence-electron chi connectivity index (χ2n) is 6.99. The van der Waals surface area contributed by atoms with Gasteiger partial charge in [0.2, 0.25) is 0 Å². The number of thiazole rings is 1. The van der Waals surface area contributed by atoms with E-state index in [0.717, 1.165) is 36.5 Å². The van der Waals surface area contributed by atoms with Gasteiger partial charge in [0.1, 0.15) is 10.7 Å². The Morgan fingerprint density at radius 2 is 1.93 bits per heavy atom. The number of carbonyl (C=O) groups is 1.